The summed E-state index contributed by atoms with van der Waals surface area (Å²) in [4.78, 5) is 17.0. The molecular formula is C100H110NO31PS2. The van der Waals surface area contributed by atoms with Gasteiger partial charge in [0.25, 0.3) is 12.3 Å². The van der Waals surface area contributed by atoms with Gasteiger partial charge in [0.05, 0.1) is 66.1 Å². The van der Waals surface area contributed by atoms with E-state index in [2.05, 4.69) is 0 Å². The van der Waals surface area contributed by atoms with Crippen LogP contribution in [-0.2, 0) is 104 Å². The van der Waals surface area contributed by atoms with Crippen molar-refractivity contribution in [2.45, 2.75) is 69.2 Å². The lowest BCUT2D eigenvalue weighted by atomic mass is 10.2. The molecule has 0 unspecified atom stereocenters. The maximum atomic E-state index is 12.0. The highest BCUT2D eigenvalue weighted by atomic mass is 32.2. The number of hydrogen-bond acceptors (Lipinski definition) is 33. The van der Waals surface area contributed by atoms with Gasteiger partial charge in [-0.15, -0.1) is 0 Å². The summed E-state index contributed by atoms with van der Waals surface area (Å²) in [7, 11) is -2.10. The normalized spacial score (nSPS) is 12.4. The van der Waals surface area contributed by atoms with E-state index in [1.807, 2.05) is 55.4 Å². The van der Waals surface area contributed by atoms with Gasteiger partial charge in [-0.1, -0.05) is 0 Å². The Hall–Kier alpha value is -15.5. The molecule has 35 heteroatoms. The molecule has 0 amide bonds. The molecule has 0 atom stereocenters. The first kappa shape index (κ1) is 107. The average molecular weight is 1920 g/mol. The van der Waals surface area contributed by atoms with E-state index in [0.717, 1.165) is 23.5 Å². The Labute approximate surface area is 792 Å². The van der Waals surface area contributed by atoms with Crippen LogP contribution in [0.4, 0.5) is 0 Å². The molecule has 0 bridgehead atoms. The van der Waals surface area contributed by atoms with Crippen LogP contribution in [0.3, 0.4) is 0 Å². The zero-order valence-electron chi connectivity index (χ0n) is 75.7. The van der Waals surface area contributed by atoms with E-state index in [4.69, 9.17) is 92.2 Å². The number of nitrogens with zero attached hydrogens (tertiary/aromatic N) is 1. The number of phenolic OH excluding ortho intramolecular Hbond substituents is 10. The lowest BCUT2D eigenvalue weighted by Gasteiger charge is -2.18. The Bertz CT molecular complexity index is 4810. The van der Waals surface area contributed by atoms with Gasteiger partial charge in [-0.2, -0.15) is 4.21 Å². The molecule has 32 nitrogen and oxygen atoms in total. The summed E-state index contributed by atoms with van der Waals surface area (Å²) in [5, 5.41) is 96.0. The summed E-state index contributed by atoms with van der Waals surface area (Å²) < 4.78 is 107. The second-order valence-corrected chi connectivity index (χ2v) is 28.8. The summed E-state index contributed by atoms with van der Waals surface area (Å²) in [5.41, 5.74) is 6.79. The number of ether oxygens (including phenoxy) is 10. The first-order valence-electron chi connectivity index (χ1n) is 42.1. The quantitative estimate of drug-likeness (QED) is 0.00556. The van der Waals surface area contributed by atoms with Crippen LogP contribution in [0.2, 0.25) is 0 Å². The first-order chi connectivity index (χ1) is 65.5. The summed E-state index contributed by atoms with van der Waals surface area (Å²) in [5.74, 6) is 5.27. The van der Waals surface area contributed by atoms with Crippen LogP contribution >= 0.6 is 20.9 Å². The molecule has 0 aliphatic carbocycles. The Morgan fingerprint density at radius 1 is 0.230 bits per heavy atom. The van der Waals surface area contributed by atoms with Gasteiger partial charge in [0, 0.05) is 55.6 Å². The van der Waals surface area contributed by atoms with E-state index >= 15 is 0 Å². The molecule has 0 aromatic heterocycles. The van der Waals surface area contributed by atoms with Crippen LogP contribution in [0, 0.1) is 0 Å². The van der Waals surface area contributed by atoms with Crippen LogP contribution in [0.25, 0.3) is 57.6 Å². The molecule has 10 aromatic rings. The van der Waals surface area contributed by atoms with Crippen molar-refractivity contribution in [3.63, 3.8) is 0 Å². The second kappa shape index (κ2) is 60.5. The van der Waals surface area contributed by atoms with E-state index in [1.165, 1.54) is 123 Å². The number of hydrogen-bond donors (Lipinski definition) is 10. The van der Waals surface area contributed by atoms with E-state index in [9.17, 15) is 55.3 Å². The topological polar surface area (TPSA) is 407 Å². The molecule has 0 aliphatic rings. The van der Waals surface area contributed by atoms with Crippen molar-refractivity contribution < 1.29 is 147 Å². The van der Waals surface area contributed by atoms with Gasteiger partial charge in [-0.3, -0.25) is 0 Å². The molecule has 0 aliphatic heterocycles. The van der Waals surface area contributed by atoms with Crippen molar-refractivity contribution in [1.29, 1.82) is 0 Å². The third-order valence-corrected chi connectivity index (χ3v) is 18.5. The van der Waals surface area contributed by atoms with Crippen molar-refractivity contribution in [3.8, 4) is 57.5 Å². The van der Waals surface area contributed by atoms with E-state index in [0.29, 0.717) is 174 Å². The molecule has 135 heavy (non-hydrogen) atoms. The average Bonchev–Trinajstić information content (AvgIpc) is 0.862. The predicted octanol–water partition coefficient (Wildman–Crippen LogP) is 22.9. The Balaban J connectivity index is 0.000000249. The van der Waals surface area contributed by atoms with Gasteiger partial charge >= 0.3 is 20.0 Å². The predicted molar refractivity (Wildman–Crippen MR) is 512 cm³/mol. The fourth-order valence-corrected chi connectivity index (χ4v) is 12.1. The fourth-order valence-electron chi connectivity index (χ4n) is 10.7. The standard InChI is InChI=1S/C30H33NO9.C30H33O9P.C20H22O7S.C20H22O6S/c1-4-35-28(22-7-13-25(32)14-8-22)19-38-31(39-20-29(36-5-2)23-9-15-26(33)16-10-23)40-21-30(37-6-3)24-11-17-27(34)18-12-24;1-4-34-28(22-7-13-25(31)14-8-22)19-37-40(38-20-29(35-5-2)23-9-15-26(32)16-10-23)39-21-30(36-6-3)24-11-17-27(33)18-12-24;1-3-24-19(15-5-9-17(21)10-6-15)13-26-28(23)27-14-20(25-4-2)16-7-11-18(22)12-8-16;1-3-23-19(15-5-9-17(21)10-6-15)13-25-27-26-14-20(24-4-2)16-7-11-18(22)12-8-16/h7-21,32-34H,4-6H2,1-3H3;7-21,31-33H,4-6H2,1-3H3;5-14,21-22H,3-4H2,1-2H3;5-14,21-22H,3-4H2,1-2H3. The molecular weight excluding hydrogens is 1810 g/mol. The van der Waals surface area contributed by atoms with Crippen LogP contribution in [-0.4, -0.2) is 127 Å². The van der Waals surface area contributed by atoms with E-state index in [-0.39, 0.29) is 57.5 Å². The minimum Gasteiger partial charge on any atom is -0.508 e. The van der Waals surface area contributed by atoms with Gasteiger partial charge in [0.15, 0.2) is 76.4 Å². The monoisotopic (exact) mass is 1920 g/mol. The maximum absolute atomic E-state index is 12.0. The van der Waals surface area contributed by atoms with Gasteiger partial charge in [-0.05, 0) is 312 Å². The van der Waals surface area contributed by atoms with Gasteiger partial charge < -0.3 is 143 Å². The molecule has 0 saturated carbocycles. The van der Waals surface area contributed by atoms with E-state index < -0.39 is 20.0 Å². The zero-order chi connectivity index (χ0) is 97.3. The van der Waals surface area contributed by atoms with Crippen LogP contribution in [0.1, 0.15) is 125 Å². The van der Waals surface area contributed by atoms with Crippen molar-refractivity contribution in [3.05, 3.63) is 361 Å². The van der Waals surface area contributed by atoms with Crippen LogP contribution < -0.4 is 0 Å². The second-order valence-electron chi connectivity index (χ2n) is 26.4. The summed E-state index contributed by atoms with van der Waals surface area (Å²) in [6.07, 6.45) is 13.2. The van der Waals surface area contributed by atoms with Crippen LogP contribution in [0.15, 0.2) is 305 Å². The van der Waals surface area contributed by atoms with Crippen LogP contribution in [0.5, 0.6) is 57.5 Å². The largest absolute Gasteiger partial charge is 0.528 e. The number of rotatable bonds is 50. The molecule has 0 fully saturated rings. The molecule has 10 aromatic carbocycles. The lowest BCUT2D eigenvalue weighted by Crippen LogP contribution is -2.19. The lowest BCUT2D eigenvalue weighted by molar-refractivity contribution is -0.471. The maximum Gasteiger partial charge on any atom is 0.528 e. The van der Waals surface area contributed by atoms with Gasteiger partial charge in [-0.25, -0.2) is 0 Å². The highest BCUT2D eigenvalue weighted by Gasteiger charge is 2.21. The molecule has 10 N–H and O–H groups in total. The third-order valence-electron chi connectivity index (χ3n) is 16.8. The van der Waals surface area contributed by atoms with Gasteiger partial charge in [0.2, 0.25) is 5.39 Å². The minimum atomic E-state index is -2.14. The Morgan fingerprint density at radius 2 is 0.370 bits per heavy atom. The molecule has 718 valence electrons. The number of phenols is 10. The van der Waals surface area contributed by atoms with E-state index in [1.54, 1.807) is 196 Å². The summed E-state index contributed by atoms with van der Waals surface area (Å²) in [6.45, 7) is 22.2. The molecule has 0 saturated heterocycles. The van der Waals surface area contributed by atoms with Crippen molar-refractivity contribution in [2.24, 2.45) is 0 Å². The smallest absolute Gasteiger partial charge is 0.508 e. The number of benzene rings is 10. The third kappa shape index (κ3) is 39.2. The Morgan fingerprint density at radius 3 is 0.526 bits per heavy atom. The van der Waals surface area contributed by atoms with Crippen molar-refractivity contribution in [2.75, 3.05) is 66.1 Å². The molecule has 0 radical (unpaired) electrons. The summed E-state index contributed by atoms with van der Waals surface area (Å²) in [6, 6.07) is 64.3. The van der Waals surface area contributed by atoms with Gasteiger partial charge in [0.1, 0.15) is 101 Å². The highest BCUT2D eigenvalue weighted by Crippen LogP contribution is 2.44. The number of aromatic hydroxyl groups is 10. The Kier molecular flexibility index (Phi) is 47.7. The highest BCUT2D eigenvalue weighted by molar-refractivity contribution is 7.90. The molecule has 0 spiro atoms. The SMILES string of the molecule is CCOC(=CON(OC=C(OCC)c1ccc(O)cc1)OC=C(OCC)c1ccc(O)cc1)c1ccc(O)cc1.CCOC(=COP(OC=C(OCC)c1ccc(O)cc1)OC=C(OCC)c1ccc(O)cc1)c1ccc(O)cc1.CCOC(=COS(=O)OC=C(OCC)c1ccc(O)cc1)c1ccc(O)cc1.CCOC(=COSOC=C(OCC)c1ccc(O)cc1)c1ccc(O)cc1. The first-order valence-corrected chi connectivity index (χ1v) is 44.9. The molecule has 0 heterocycles. The van der Waals surface area contributed by atoms with Crippen molar-refractivity contribution >= 4 is 89.9 Å². The fraction of sp³-hybridized carbons (Fsp3) is 0.200. The molecule has 10 rings (SSSR count). The zero-order valence-corrected chi connectivity index (χ0v) is 78.2. The minimum absolute atomic E-state index is 0.111. The van der Waals surface area contributed by atoms with Crippen molar-refractivity contribution in [1.82, 2.24) is 5.39 Å². The summed E-state index contributed by atoms with van der Waals surface area (Å²) >= 11 is -1.39.